The Bertz CT molecular complexity index is 698. The molecule has 4 amide bonds. The molecule has 2 aliphatic rings. The molecular weight excluding hydrogens is 384 g/mol. The lowest BCUT2D eigenvalue weighted by molar-refractivity contribution is -0.134. The Morgan fingerprint density at radius 2 is 1.53 bits per heavy atom. The molecule has 3 rings (SSSR count). The van der Waals surface area contributed by atoms with E-state index in [2.05, 4.69) is 16.0 Å². The molecule has 8 nitrogen and oxygen atoms in total. The number of benzene rings is 1. The first-order valence-corrected chi connectivity index (χ1v) is 10.9. The summed E-state index contributed by atoms with van der Waals surface area (Å²) in [5.41, 5.74) is 0. The van der Waals surface area contributed by atoms with Crippen LogP contribution in [0.1, 0.15) is 44.9 Å². The van der Waals surface area contributed by atoms with Crippen molar-refractivity contribution in [3.8, 4) is 5.75 Å². The van der Waals surface area contributed by atoms with Crippen molar-refractivity contribution in [3.05, 3.63) is 30.3 Å². The molecule has 164 valence electrons. The first kappa shape index (κ1) is 21.9. The molecule has 1 heterocycles. The van der Waals surface area contributed by atoms with Crippen molar-refractivity contribution in [1.29, 1.82) is 0 Å². The molecule has 0 atom stereocenters. The van der Waals surface area contributed by atoms with Gasteiger partial charge in [0.25, 0.3) is 5.91 Å². The number of rotatable bonds is 7. The van der Waals surface area contributed by atoms with E-state index >= 15 is 0 Å². The van der Waals surface area contributed by atoms with E-state index in [-0.39, 0.29) is 43.1 Å². The molecule has 0 spiro atoms. The van der Waals surface area contributed by atoms with E-state index < -0.39 is 0 Å². The van der Waals surface area contributed by atoms with Gasteiger partial charge in [-0.1, -0.05) is 37.5 Å². The second kappa shape index (κ2) is 11.4. The van der Waals surface area contributed by atoms with Crippen molar-refractivity contribution in [3.63, 3.8) is 0 Å². The number of hydrogen-bond donors (Lipinski definition) is 3. The predicted molar refractivity (Wildman–Crippen MR) is 113 cm³/mol. The molecule has 0 aromatic heterocycles. The second-order valence-electron chi connectivity index (χ2n) is 7.99. The first-order valence-electron chi connectivity index (χ1n) is 10.9. The second-order valence-corrected chi connectivity index (χ2v) is 7.99. The van der Waals surface area contributed by atoms with Crippen LogP contribution in [-0.4, -0.2) is 61.1 Å². The molecule has 8 heteroatoms. The molecule has 2 fully saturated rings. The number of amides is 4. The maximum Gasteiger partial charge on any atom is 0.315 e. The average Bonchev–Trinajstić information content (AvgIpc) is 2.78. The van der Waals surface area contributed by atoms with E-state index in [0.717, 1.165) is 25.7 Å². The number of nitrogens with one attached hydrogen (secondary N) is 3. The molecule has 0 bridgehead atoms. The summed E-state index contributed by atoms with van der Waals surface area (Å²) in [5.74, 6) is 0.164. The minimum Gasteiger partial charge on any atom is -0.484 e. The van der Waals surface area contributed by atoms with E-state index in [9.17, 15) is 14.4 Å². The summed E-state index contributed by atoms with van der Waals surface area (Å²) in [4.78, 5) is 38.1. The smallest absolute Gasteiger partial charge is 0.315 e. The minimum atomic E-state index is -0.330. The SMILES string of the molecule is O=C(COc1ccccc1)NCC(=O)N1CCC(NC(=O)NC2CCCCC2)CC1. The highest BCUT2D eigenvalue weighted by atomic mass is 16.5. The molecule has 0 unspecified atom stereocenters. The zero-order valence-electron chi connectivity index (χ0n) is 17.4. The molecule has 1 saturated carbocycles. The summed E-state index contributed by atoms with van der Waals surface area (Å²) < 4.78 is 5.37. The van der Waals surface area contributed by atoms with Gasteiger partial charge in [0.15, 0.2) is 6.61 Å². The van der Waals surface area contributed by atoms with Crippen LogP contribution in [0.5, 0.6) is 5.75 Å². The van der Waals surface area contributed by atoms with Crippen LogP contribution in [0.2, 0.25) is 0 Å². The van der Waals surface area contributed by atoms with Crippen molar-refractivity contribution in [1.82, 2.24) is 20.9 Å². The van der Waals surface area contributed by atoms with E-state index in [1.807, 2.05) is 18.2 Å². The summed E-state index contributed by atoms with van der Waals surface area (Å²) in [6.45, 7) is 0.976. The summed E-state index contributed by atoms with van der Waals surface area (Å²) in [6.07, 6.45) is 7.17. The van der Waals surface area contributed by atoms with E-state index in [1.165, 1.54) is 19.3 Å². The van der Waals surface area contributed by atoms with Crippen LogP contribution in [0.15, 0.2) is 30.3 Å². The molecule has 1 saturated heterocycles. The predicted octanol–water partition coefficient (Wildman–Crippen LogP) is 1.80. The minimum absolute atomic E-state index is 0.0444. The van der Waals surface area contributed by atoms with Crippen molar-refractivity contribution in [2.75, 3.05) is 26.2 Å². The Kier molecular flexibility index (Phi) is 8.35. The van der Waals surface area contributed by atoms with E-state index in [4.69, 9.17) is 4.74 Å². The fourth-order valence-corrected chi connectivity index (χ4v) is 3.94. The summed E-state index contributed by atoms with van der Waals surface area (Å²) in [6, 6.07) is 9.33. The Balaban J connectivity index is 1.29. The molecule has 0 radical (unpaired) electrons. The highest BCUT2D eigenvalue weighted by molar-refractivity contribution is 5.85. The van der Waals surface area contributed by atoms with Crippen molar-refractivity contribution >= 4 is 17.8 Å². The number of carbonyl (C=O) groups excluding carboxylic acids is 3. The maximum absolute atomic E-state index is 12.3. The number of nitrogens with zero attached hydrogens (tertiary/aromatic N) is 1. The lowest BCUT2D eigenvalue weighted by Crippen LogP contribution is -2.52. The van der Waals surface area contributed by atoms with Crippen LogP contribution < -0.4 is 20.7 Å². The van der Waals surface area contributed by atoms with Crippen molar-refractivity contribution < 1.29 is 19.1 Å². The number of urea groups is 1. The molecular formula is C22H32N4O4. The average molecular weight is 417 g/mol. The standard InChI is InChI=1S/C22H32N4O4/c27-20(16-30-19-9-5-2-6-10-19)23-15-21(28)26-13-11-18(12-14-26)25-22(29)24-17-7-3-1-4-8-17/h2,5-6,9-10,17-18H,1,3-4,7-8,11-16H2,(H,23,27)(H2,24,25,29). The van der Waals surface area contributed by atoms with E-state index in [0.29, 0.717) is 18.8 Å². The molecule has 1 aromatic rings. The lowest BCUT2D eigenvalue weighted by Gasteiger charge is -2.33. The van der Waals surface area contributed by atoms with Gasteiger partial charge in [-0.2, -0.15) is 0 Å². The first-order chi connectivity index (χ1) is 14.6. The number of likely N-dealkylation sites (tertiary alicyclic amines) is 1. The van der Waals surface area contributed by atoms with Crippen LogP contribution in [0, 0.1) is 0 Å². The number of carbonyl (C=O) groups is 3. The van der Waals surface area contributed by atoms with Gasteiger partial charge >= 0.3 is 6.03 Å². The lowest BCUT2D eigenvalue weighted by atomic mass is 9.96. The zero-order chi connectivity index (χ0) is 21.2. The highest BCUT2D eigenvalue weighted by Gasteiger charge is 2.25. The fraction of sp³-hybridized carbons (Fsp3) is 0.591. The van der Waals surface area contributed by atoms with Gasteiger partial charge in [-0.25, -0.2) is 4.79 Å². The molecule has 1 aromatic carbocycles. The maximum atomic E-state index is 12.3. The molecule has 3 N–H and O–H groups in total. The largest absolute Gasteiger partial charge is 0.484 e. The van der Waals surface area contributed by atoms with Gasteiger partial charge < -0.3 is 25.6 Å². The highest BCUT2D eigenvalue weighted by Crippen LogP contribution is 2.17. The van der Waals surface area contributed by atoms with Crippen LogP contribution >= 0.6 is 0 Å². The number of piperidine rings is 1. The zero-order valence-corrected chi connectivity index (χ0v) is 17.4. The molecule has 1 aliphatic carbocycles. The van der Waals surface area contributed by atoms with Gasteiger partial charge in [0, 0.05) is 25.2 Å². The normalized spacial score (nSPS) is 17.8. The van der Waals surface area contributed by atoms with Crippen LogP contribution in [0.25, 0.3) is 0 Å². The Morgan fingerprint density at radius 1 is 0.900 bits per heavy atom. The third kappa shape index (κ3) is 7.24. The molecule has 30 heavy (non-hydrogen) atoms. The van der Waals surface area contributed by atoms with Crippen LogP contribution in [0.3, 0.4) is 0 Å². The van der Waals surface area contributed by atoms with Crippen molar-refractivity contribution in [2.24, 2.45) is 0 Å². The van der Waals surface area contributed by atoms with Gasteiger partial charge in [0.05, 0.1) is 6.54 Å². The molecule has 1 aliphatic heterocycles. The van der Waals surface area contributed by atoms with Gasteiger partial charge in [-0.15, -0.1) is 0 Å². The summed E-state index contributed by atoms with van der Waals surface area (Å²) >= 11 is 0. The van der Waals surface area contributed by atoms with Gasteiger partial charge in [-0.05, 0) is 37.8 Å². The quantitative estimate of drug-likeness (QED) is 0.631. The number of para-hydroxylation sites is 1. The third-order valence-corrected chi connectivity index (χ3v) is 5.67. The van der Waals surface area contributed by atoms with Gasteiger partial charge in [-0.3, -0.25) is 9.59 Å². The Labute approximate surface area is 177 Å². The third-order valence-electron chi connectivity index (χ3n) is 5.67. The Morgan fingerprint density at radius 3 is 2.20 bits per heavy atom. The van der Waals surface area contributed by atoms with Gasteiger partial charge in [0.1, 0.15) is 5.75 Å². The monoisotopic (exact) mass is 416 g/mol. The Hall–Kier alpha value is -2.77. The number of ether oxygens (including phenoxy) is 1. The fourth-order valence-electron chi connectivity index (χ4n) is 3.94. The van der Waals surface area contributed by atoms with Crippen LogP contribution in [-0.2, 0) is 9.59 Å². The van der Waals surface area contributed by atoms with Crippen LogP contribution in [0.4, 0.5) is 4.79 Å². The van der Waals surface area contributed by atoms with E-state index in [1.54, 1.807) is 17.0 Å². The summed E-state index contributed by atoms with van der Waals surface area (Å²) in [7, 11) is 0. The van der Waals surface area contributed by atoms with Gasteiger partial charge in [0.2, 0.25) is 5.91 Å². The summed E-state index contributed by atoms with van der Waals surface area (Å²) in [5, 5.41) is 8.70. The topological polar surface area (TPSA) is 99.8 Å². The van der Waals surface area contributed by atoms with Crippen molar-refractivity contribution in [2.45, 2.75) is 57.0 Å². The number of hydrogen-bond acceptors (Lipinski definition) is 4.